The zero-order valence-corrected chi connectivity index (χ0v) is 8.27. The standard InChI is InChI=1S/C9H12FN3O2/c1-6-2-3-7(8(11)12-15)9(14)13(6)5-4-10/h2-3,15H,4-5H2,1H3,(H2,11,12). The molecule has 5 nitrogen and oxygen atoms in total. The summed E-state index contributed by atoms with van der Waals surface area (Å²) in [5, 5.41) is 11.2. The van der Waals surface area contributed by atoms with E-state index in [9.17, 15) is 9.18 Å². The summed E-state index contributed by atoms with van der Waals surface area (Å²) in [4.78, 5) is 11.7. The van der Waals surface area contributed by atoms with Crippen LogP contribution in [0.25, 0.3) is 0 Å². The van der Waals surface area contributed by atoms with Gasteiger partial charge in [-0.25, -0.2) is 4.39 Å². The maximum atomic E-state index is 12.2. The predicted molar refractivity (Wildman–Crippen MR) is 53.9 cm³/mol. The summed E-state index contributed by atoms with van der Waals surface area (Å²) in [6.07, 6.45) is 0. The third kappa shape index (κ3) is 2.15. The number of aryl methyl sites for hydroxylation is 1. The molecule has 0 spiro atoms. The molecule has 1 aromatic rings. The highest BCUT2D eigenvalue weighted by Gasteiger charge is 2.09. The molecule has 6 heteroatoms. The number of pyridine rings is 1. The van der Waals surface area contributed by atoms with Gasteiger partial charge in [-0.1, -0.05) is 5.16 Å². The zero-order chi connectivity index (χ0) is 11.4. The fraction of sp³-hybridized carbons (Fsp3) is 0.333. The lowest BCUT2D eigenvalue weighted by Gasteiger charge is -2.09. The molecule has 0 aliphatic heterocycles. The van der Waals surface area contributed by atoms with E-state index in [1.54, 1.807) is 13.0 Å². The summed E-state index contributed by atoms with van der Waals surface area (Å²) < 4.78 is 13.4. The van der Waals surface area contributed by atoms with Gasteiger partial charge < -0.3 is 15.5 Å². The van der Waals surface area contributed by atoms with Crippen molar-refractivity contribution in [1.29, 1.82) is 0 Å². The van der Waals surface area contributed by atoms with E-state index in [1.165, 1.54) is 10.6 Å². The largest absolute Gasteiger partial charge is 0.409 e. The van der Waals surface area contributed by atoms with Crippen molar-refractivity contribution in [1.82, 2.24) is 4.57 Å². The zero-order valence-electron chi connectivity index (χ0n) is 8.27. The molecule has 1 rings (SSSR count). The van der Waals surface area contributed by atoms with E-state index in [1.807, 2.05) is 0 Å². The monoisotopic (exact) mass is 213 g/mol. The fourth-order valence-corrected chi connectivity index (χ4v) is 1.28. The van der Waals surface area contributed by atoms with Crippen LogP contribution in [0.4, 0.5) is 4.39 Å². The second kappa shape index (κ2) is 4.59. The van der Waals surface area contributed by atoms with Crippen LogP contribution in [-0.4, -0.2) is 22.3 Å². The smallest absolute Gasteiger partial charge is 0.261 e. The normalized spacial score (nSPS) is 11.7. The van der Waals surface area contributed by atoms with Gasteiger partial charge in [0.25, 0.3) is 5.56 Å². The molecule has 0 atom stereocenters. The van der Waals surface area contributed by atoms with Crippen molar-refractivity contribution in [2.45, 2.75) is 13.5 Å². The van der Waals surface area contributed by atoms with Gasteiger partial charge >= 0.3 is 0 Å². The number of hydrogen-bond donors (Lipinski definition) is 2. The highest BCUT2D eigenvalue weighted by molar-refractivity contribution is 5.96. The van der Waals surface area contributed by atoms with Crippen LogP contribution in [0, 0.1) is 6.92 Å². The van der Waals surface area contributed by atoms with Crippen LogP contribution in [0.3, 0.4) is 0 Å². The molecule has 0 radical (unpaired) electrons. The Balaban J connectivity index is 3.35. The number of aromatic nitrogens is 1. The SMILES string of the molecule is Cc1ccc(/C(N)=N/O)c(=O)n1CCF. The van der Waals surface area contributed by atoms with Crippen molar-refractivity contribution in [2.24, 2.45) is 10.9 Å². The summed E-state index contributed by atoms with van der Waals surface area (Å²) >= 11 is 0. The Labute approximate surface area is 85.6 Å². The Morgan fingerprint density at radius 2 is 2.33 bits per heavy atom. The van der Waals surface area contributed by atoms with Crippen LogP contribution in [0.5, 0.6) is 0 Å². The topological polar surface area (TPSA) is 80.6 Å². The van der Waals surface area contributed by atoms with Gasteiger partial charge in [-0.3, -0.25) is 4.79 Å². The molecule has 0 amide bonds. The lowest BCUT2D eigenvalue weighted by Crippen LogP contribution is -2.31. The second-order valence-corrected chi connectivity index (χ2v) is 3.02. The average molecular weight is 213 g/mol. The molecule has 82 valence electrons. The van der Waals surface area contributed by atoms with Crippen LogP contribution in [0.2, 0.25) is 0 Å². The van der Waals surface area contributed by atoms with E-state index in [0.717, 1.165) is 0 Å². The Bertz CT molecular complexity index is 439. The van der Waals surface area contributed by atoms with Gasteiger partial charge in [-0.15, -0.1) is 0 Å². The molecule has 15 heavy (non-hydrogen) atoms. The molecule has 0 unspecified atom stereocenters. The minimum absolute atomic E-state index is 0.0305. The van der Waals surface area contributed by atoms with Crippen molar-refractivity contribution in [3.63, 3.8) is 0 Å². The molecule has 0 saturated carbocycles. The van der Waals surface area contributed by atoms with E-state index >= 15 is 0 Å². The van der Waals surface area contributed by atoms with Crippen LogP contribution in [-0.2, 0) is 6.54 Å². The Hall–Kier alpha value is -1.85. The maximum Gasteiger partial charge on any atom is 0.261 e. The summed E-state index contributed by atoms with van der Waals surface area (Å²) in [6.45, 7) is 1.02. The van der Waals surface area contributed by atoms with Crippen molar-refractivity contribution < 1.29 is 9.60 Å². The number of hydrogen-bond acceptors (Lipinski definition) is 3. The minimum Gasteiger partial charge on any atom is -0.409 e. The number of amidine groups is 1. The highest BCUT2D eigenvalue weighted by atomic mass is 19.1. The van der Waals surface area contributed by atoms with Crippen LogP contribution >= 0.6 is 0 Å². The molecule has 0 bridgehead atoms. The Kier molecular flexibility index (Phi) is 3.43. The van der Waals surface area contributed by atoms with Crippen LogP contribution in [0.15, 0.2) is 22.1 Å². The number of nitrogens with zero attached hydrogens (tertiary/aromatic N) is 2. The predicted octanol–water partition coefficient (Wildman–Crippen LogP) is 0.221. The lowest BCUT2D eigenvalue weighted by atomic mass is 10.2. The van der Waals surface area contributed by atoms with Gasteiger partial charge in [0.2, 0.25) is 0 Å². The number of oxime groups is 1. The maximum absolute atomic E-state index is 12.2. The molecule has 3 N–H and O–H groups in total. The average Bonchev–Trinajstić information content (AvgIpc) is 2.23. The summed E-state index contributed by atoms with van der Waals surface area (Å²) in [7, 11) is 0. The molecular formula is C9H12FN3O2. The number of nitrogens with two attached hydrogens (primary N) is 1. The molecule has 0 saturated heterocycles. The first-order valence-electron chi connectivity index (χ1n) is 4.36. The van der Waals surface area contributed by atoms with E-state index in [0.29, 0.717) is 5.69 Å². The Morgan fingerprint density at radius 1 is 1.67 bits per heavy atom. The van der Waals surface area contributed by atoms with E-state index in [4.69, 9.17) is 10.9 Å². The van der Waals surface area contributed by atoms with Gasteiger partial charge in [0.05, 0.1) is 12.1 Å². The summed E-state index contributed by atoms with van der Waals surface area (Å²) in [5.74, 6) is -0.271. The second-order valence-electron chi connectivity index (χ2n) is 3.02. The van der Waals surface area contributed by atoms with Gasteiger partial charge in [-0.05, 0) is 19.1 Å². The first-order valence-corrected chi connectivity index (χ1v) is 4.36. The molecule has 0 aliphatic carbocycles. The quantitative estimate of drug-likeness (QED) is 0.326. The van der Waals surface area contributed by atoms with E-state index < -0.39 is 12.2 Å². The third-order valence-corrected chi connectivity index (χ3v) is 2.08. The van der Waals surface area contributed by atoms with Crippen molar-refractivity contribution in [3.8, 4) is 0 Å². The lowest BCUT2D eigenvalue weighted by molar-refractivity contribution is 0.318. The number of alkyl halides is 1. The van der Waals surface area contributed by atoms with Crippen molar-refractivity contribution in [2.75, 3.05) is 6.67 Å². The minimum atomic E-state index is -0.639. The summed E-state index contributed by atoms with van der Waals surface area (Å²) in [6, 6.07) is 3.06. The van der Waals surface area contributed by atoms with Gasteiger partial charge in [0.1, 0.15) is 6.67 Å². The fourth-order valence-electron chi connectivity index (χ4n) is 1.28. The first kappa shape index (κ1) is 11.2. The van der Waals surface area contributed by atoms with Gasteiger partial charge in [0, 0.05) is 5.69 Å². The van der Waals surface area contributed by atoms with Crippen molar-refractivity contribution in [3.05, 3.63) is 33.7 Å². The van der Waals surface area contributed by atoms with Crippen LogP contribution < -0.4 is 11.3 Å². The number of rotatable bonds is 3. The van der Waals surface area contributed by atoms with Gasteiger partial charge in [-0.2, -0.15) is 0 Å². The Morgan fingerprint density at radius 3 is 2.87 bits per heavy atom. The molecule has 0 aromatic carbocycles. The molecular weight excluding hydrogens is 201 g/mol. The number of halogens is 1. The van der Waals surface area contributed by atoms with Crippen molar-refractivity contribution >= 4 is 5.84 Å². The van der Waals surface area contributed by atoms with E-state index in [-0.39, 0.29) is 17.9 Å². The third-order valence-electron chi connectivity index (χ3n) is 2.08. The first-order chi connectivity index (χ1) is 7.11. The van der Waals surface area contributed by atoms with E-state index in [2.05, 4.69) is 5.16 Å². The van der Waals surface area contributed by atoms with Crippen LogP contribution in [0.1, 0.15) is 11.3 Å². The highest BCUT2D eigenvalue weighted by Crippen LogP contribution is 1.98. The van der Waals surface area contributed by atoms with Gasteiger partial charge in [0.15, 0.2) is 5.84 Å². The molecule has 0 aliphatic rings. The molecule has 1 heterocycles. The molecule has 0 fully saturated rings. The summed E-state index contributed by atoms with van der Waals surface area (Å²) in [5.41, 5.74) is 5.55. The molecule has 1 aromatic heterocycles.